The van der Waals surface area contributed by atoms with Crippen LogP contribution in [0.3, 0.4) is 0 Å². The largest absolute Gasteiger partial charge is 0.453 e. The fraction of sp³-hybridized carbons (Fsp3) is 0.250. The Hall–Kier alpha value is -3.07. The molecule has 6 nitrogen and oxygen atoms in total. The molecule has 5 rings (SSSR count). The average Bonchev–Trinajstić information content (AvgIpc) is 3.23. The van der Waals surface area contributed by atoms with Gasteiger partial charge in [0.15, 0.2) is 11.6 Å². The Morgan fingerprint density at radius 1 is 1.03 bits per heavy atom. The smallest absolute Gasteiger partial charge is 0.167 e. The molecular formula is C24H24FN5OS. The number of aromatic nitrogens is 2. The minimum Gasteiger partial charge on any atom is -0.453 e. The van der Waals surface area contributed by atoms with Gasteiger partial charge in [0.25, 0.3) is 0 Å². The first-order valence-electron chi connectivity index (χ1n) is 10.5. The first kappa shape index (κ1) is 20.8. The van der Waals surface area contributed by atoms with Crippen LogP contribution in [0.1, 0.15) is 5.56 Å². The summed E-state index contributed by atoms with van der Waals surface area (Å²) in [6.07, 6.45) is 3.61. The van der Waals surface area contributed by atoms with Gasteiger partial charge in [0.1, 0.15) is 5.75 Å². The number of hydrogen-bond donors (Lipinski definition) is 1. The van der Waals surface area contributed by atoms with Crippen molar-refractivity contribution in [2.24, 2.45) is 0 Å². The SMILES string of the molecule is CN1CCN(Cc2ccc(-c3cc4nccc(Oc5ccc(N)cc5F)c4s3)nc2)CC1. The van der Waals surface area contributed by atoms with Crippen LogP contribution in [0.2, 0.25) is 0 Å². The molecule has 1 aromatic carbocycles. The van der Waals surface area contributed by atoms with Crippen LogP contribution in [-0.2, 0) is 6.54 Å². The molecule has 0 amide bonds. The lowest BCUT2D eigenvalue weighted by Gasteiger charge is -2.32. The Labute approximate surface area is 190 Å². The number of hydrogen-bond acceptors (Lipinski definition) is 7. The maximum absolute atomic E-state index is 14.2. The Kier molecular flexibility index (Phi) is 5.73. The van der Waals surface area contributed by atoms with E-state index in [1.807, 2.05) is 12.3 Å². The Bertz CT molecular complexity index is 1240. The van der Waals surface area contributed by atoms with Crippen molar-refractivity contribution in [3.63, 3.8) is 0 Å². The molecule has 0 aliphatic carbocycles. The molecule has 164 valence electrons. The third-order valence-electron chi connectivity index (χ3n) is 5.63. The van der Waals surface area contributed by atoms with E-state index in [1.54, 1.807) is 18.3 Å². The average molecular weight is 450 g/mol. The number of ether oxygens (including phenoxy) is 1. The number of anilines is 1. The van der Waals surface area contributed by atoms with Crippen molar-refractivity contribution in [2.45, 2.75) is 6.54 Å². The van der Waals surface area contributed by atoms with E-state index in [0.717, 1.165) is 53.5 Å². The summed E-state index contributed by atoms with van der Waals surface area (Å²) in [5.41, 5.74) is 8.88. The van der Waals surface area contributed by atoms with Gasteiger partial charge in [-0.2, -0.15) is 0 Å². The first-order valence-corrected chi connectivity index (χ1v) is 11.3. The number of nitrogens with two attached hydrogens (primary N) is 1. The number of likely N-dealkylation sites (N-methyl/N-ethyl adjacent to an activating group) is 1. The number of nitrogens with zero attached hydrogens (tertiary/aromatic N) is 4. The van der Waals surface area contributed by atoms with Crippen molar-refractivity contribution in [3.8, 4) is 22.1 Å². The fourth-order valence-corrected chi connectivity index (χ4v) is 4.81. The molecule has 1 saturated heterocycles. The summed E-state index contributed by atoms with van der Waals surface area (Å²) < 4.78 is 20.9. The van der Waals surface area contributed by atoms with E-state index in [4.69, 9.17) is 15.5 Å². The molecular weight excluding hydrogens is 425 g/mol. The molecule has 4 aromatic rings. The first-order chi connectivity index (χ1) is 15.5. The minimum absolute atomic E-state index is 0.132. The second kappa shape index (κ2) is 8.82. The number of halogens is 1. The summed E-state index contributed by atoms with van der Waals surface area (Å²) in [6, 6.07) is 12.3. The Morgan fingerprint density at radius 3 is 2.62 bits per heavy atom. The molecule has 0 unspecified atom stereocenters. The van der Waals surface area contributed by atoms with E-state index < -0.39 is 5.82 Å². The van der Waals surface area contributed by atoms with Crippen LogP contribution in [0.5, 0.6) is 11.5 Å². The lowest BCUT2D eigenvalue weighted by Crippen LogP contribution is -2.43. The van der Waals surface area contributed by atoms with E-state index in [-0.39, 0.29) is 5.75 Å². The van der Waals surface area contributed by atoms with Crippen molar-refractivity contribution in [1.82, 2.24) is 19.8 Å². The highest BCUT2D eigenvalue weighted by Gasteiger charge is 2.16. The molecule has 3 aromatic heterocycles. The monoisotopic (exact) mass is 449 g/mol. The third kappa shape index (κ3) is 4.43. The predicted molar refractivity (Wildman–Crippen MR) is 127 cm³/mol. The van der Waals surface area contributed by atoms with Gasteiger partial charge in [-0.3, -0.25) is 14.9 Å². The van der Waals surface area contributed by atoms with E-state index in [1.165, 1.54) is 29.0 Å². The Morgan fingerprint density at radius 2 is 1.88 bits per heavy atom. The number of nitrogen functional groups attached to an aromatic ring is 1. The molecule has 0 atom stereocenters. The van der Waals surface area contributed by atoms with Crippen LogP contribution in [0, 0.1) is 5.82 Å². The summed E-state index contributed by atoms with van der Waals surface area (Å²) in [5, 5.41) is 0. The number of pyridine rings is 2. The molecule has 1 aliphatic rings. The van der Waals surface area contributed by atoms with Crippen LogP contribution in [0.4, 0.5) is 10.1 Å². The highest BCUT2D eigenvalue weighted by atomic mass is 32.1. The Balaban J connectivity index is 1.36. The molecule has 0 radical (unpaired) electrons. The molecule has 2 N–H and O–H groups in total. The number of fused-ring (bicyclic) bond motifs is 1. The normalized spacial score (nSPS) is 15.3. The molecule has 8 heteroatoms. The highest BCUT2D eigenvalue weighted by molar-refractivity contribution is 7.22. The van der Waals surface area contributed by atoms with Crippen molar-refractivity contribution in [2.75, 3.05) is 39.0 Å². The summed E-state index contributed by atoms with van der Waals surface area (Å²) in [5.74, 6) is 0.194. The van der Waals surface area contributed by atoms with Gasteiger partial charge in [-0.15, -0.1) is 11.3 Å². The van der Waals surface area contributed by atoms with Gasteiger partial charge >= 0.3 is 0 Å². The van der Waals surface area contributed by atoms with Crippen molar-refractivity contribution < 1.29 is 9.13 Å². The van der Waals surface area contributed by atoms with E-state index in [9.17, 15) is 4.39 Å². The lowest BCUT2D eigenvalue weighted by molar-refractivity contribution is 0.148. The van der Waals surface area contributed by atoms with E-state index >= 15 is 0 Å². The molecule has 4 heterocycles. The molecule has 0 bridgehead atoms. The maximum Gasteiger partial charge on any atom is 0.167 e. The van der Waals surface area contributed by atoms with Gasteiger partial charge in [0.2, 0.25) is 0 Å². The molecule has 1 aliphatic heterocycles. The number of thiophene rings is 1. The fourth-order valence-electron chi connectivity index (χ4n) is 3.77. The molecule has 1 fully saturated rings. The summed E-state index contributed by atoms with van der Waals surface area (Å²) in [6.45, 7) is 5.28. The second-order valence-corrected chi connectivity index (χ2v) is 9.11. The third-order valence-corrected chi connectivity index (χ3v) is 6.79. The van der Waals surface area contributed by atoms with Crippen LogP contribution in [-0.4, -0.2) is 53.0 Å². The van der Waals surface area contributed by atoms with Gasteiger partial charge in [-0.1, -0.05) is 6.07 Å². The molecule has 0 saturated carbocycles. The van der Waals surface area contributed by atoms with Crippen LogP contribution in [0.25, 0.3) is 20.8 Å². The summed E-state index contributed by atoms with van der Waals surface area (Å²) in [7, 11) is 2.16. The van der Waals surface area contributed by atoms with E-state index in [2.05, 4.69) is 34.0 Å². The zero-order valence-corrected chi connectivity index (χ0v) is 18.6. The van der Waals surface area contributed by atoms with Gasteiger partial charge < -0.3 is 15.4 Å². The second-order valence-electron chi connectivity index (χ2n) is 8.06. The van der Waals surface area contributed by atoms with Gasteiger partial charge in [-0.25, -0.2) is 4.39 Å². The van der Waals surface area contributed by atoms with Crippen molar-refractivity contribution in [1.29, 1.82) is 0 Å². The van der Waals surface area contributed by atoms with E-state index in [0.29, 0.717) is 11.4 Å². The maximum atomic E-state index is 14.2. The number of piperazine rings is 1. The van der Waals surface area contributed by atoms with Crippen molar-refractivity contribution >= 4 is 27.2 Å². The molecule has 32 heavy (non-hydrogen) atoms. The lowest BCUT2D eigenvalue weighted by atomic mass is 10.2. The highest BCUT2D eigenvalue weighted by Crippen LogP contribution is 2.39. The molecule has 0 spiro atoms. The number of benzene rings is 1. The van der Waals surface area contributed by atoms with Crippen LogP contribution < -0.4 is 10.5 Å². The summed E-state index contributed by atoms with van der Waals surface area (Å²) >= 11 is 1.53. The van der Waals surface area contributed by atoms with Gasteiger partial charge in [0.05, 0.1) is 20.8 Å². The van der Waals surface area contributed by atoms with Gasteiger partial charge in [-0.05, 0) is 36.9 Å². The summed E-state index contributed by atoms with van der Waals surface area (Å²) in [4.78, 5) is 14.9. The van der Waals surface area contributed by atoms with Crippen LogP contribution in [0.15, 0.2) is 54.9 Å². The zero-order valence-electron chi connectivity index (χ0n) is 17.8. The van der Waals surface area contributed by atoms with Gasteiger partial charge in [0, 0.05) is 62.9 Å². The van der Waals surface area contributed by atoms with Crippen molar-refractivity contribution in [3.05, 3.63) is 66.2 Å². The minimum atomic E-state index is -0.496. The topological polar surface area (TPSA) is 67.5 Å². The standard InChI is InChI=1S/C24H24FN5OS/c1-29-8-10-30(11-9-29)15-16-2-4-19(28-14-16)23-13-20-24(32-23)22(6-7-27-20)31-21-5-3-17(26)12-18(21)25/h2-7,12-14H,8-11,15,26H2,1H3. The quantitative estimate of drug-likeness (QED) is 0.449. The van der Waals surface area contributed by atoms with Crippen LogP contribution >= 0.6 is 11.3 Å². The number of rotatable bonds is 5. The predicted octanol–water partition coefficient (Wildman–Crippen LogP) is 4.62. The zero-order chi connectivity index (χ0) is 22.1.